The van der Waals surface area contributed by atoms with Gasteiger partial charge < -0.3 is 14.6 Å². The van der Waals surface area contributed by atoms with Crippen molar-refractivity contribution in [2.75, 3.05) is 33.4 Å². The summed E-state index contributed by atoms with van der Waals surface area (Å²) in [5.74, 6) is 0.558. The number of hydrogen-bond donors (Lipinski definition) is 1. The van der Waals surface area contributed by atoms with Crippen molar-refractivity contribution >= 4 is 0 Å². The van der Waals surface area contributed by atoms with Crippen LogP contribution < -0.4 is 4.74 Å². The molecule has 4 nitrogen and oxygen atoms in total. The van der Waals surface area contributed by atoms with Crippen LogP contribution >= 0.6 is 0 Å². The van der Waals surface area contributed by atoms with Crippen molar-refractivity contribution in [3.63, 3.8) is 0 Å². The minimum atomic E-state index is -0.662. The van der Waals surface area contributed by atoms with Crippen LogP contribution in [0.3, 0.4) is 0 Å². The van der Waals surface area contributed by atoms with E-state index in [1.807, 2.05) is 7.05 Å². The Morgan fingerprint density at radius 1 is 1.38 bits per heavy atom. The van der Waals surface area contributed by atoms with Crippen molar-refractivity contribution < 1.29 is 19.0 Å². The highest BCUT2D eigenvalue weighted by atomic mass is 19.1. The van der Waals surface area contributed by atoms with Crippen molar-refractivity contribution in [3.05, 3.63) is 29.6 Å². The average Bonchev–Trinajstić information content (AvgIpc) is 2.79. The van der Waals surface area contributed by atoms with Gasteiger partial charge in [-0.1, -0.05) is 0 Å². The van der Waals surface area contributed by atoms with Crippen LogP contribution in [-0.4, -0.2) is 55.1 Å². The Bertz CT molecular complexity index is 502. The van der Waals surface area contributed by atoms with Gasteiger partial charge in [0.25, 0.3) is 0 Å². The first-order chi connectivity index (χ1) is 10.0. The predicted molar refractivity (Wildman–Crippen MR) is 77.0 cm³/mol. The summed E-state index contributed by atoms with van der Waals surface area (Å²) >= 11 is 0. The smallest absolute Gasteiger partial charge is 0.123 e. The second kappa shape index (κ2) is 5.91. The lowest BCUT2D eigenvalue weighted by atomic mass is 9.94. The fourth-order valence-electron chi connectivity index (χ4n) is 3.21. The summed E-state index contributed by atoms with van der Waals surface area (Å²) in [5.41, 5.74) is 0.267. The first-order valence-electron chi connectivity index (χ1n) is 7.48. The van der Waals surface area contributed by atoms with Gasteiger partial charge in [0.05, 0.1) is 5.60 Å². The first-order valence-corrected chi connectivity index (χ1v) is 7.48. The zero-order valence-electron chi connectivity index (χ0n) is 12.3. The van der Waals surface area contributed by atoms with Crippen LogP contribution in [-0.2, 0) is 11.2 Å². The summed E-state index contributed by atoms with van der Waals surface area (Å²) in [6.07, 6.45) is 2.09. The van der Waals surface area contributed by atoms with E-state index in [-0.39, 0.29) is 11.9 Å². The molecule has 0 amide bonds. The number of benzene rings is 1. The van der Waals surface area contributed by atoms with E-state index in [2.05, 4.69) is 4.90 Å². The van der Waals surface area contributed by atoms with Crippen LogP contribution in [0.15, 0.2) is 18.2 Å². The maximum atomic E-state index is 13.2. The summed E-state index contributed by atoms with van der Waals surface area (Å²) in [7, 11) is 1.99. The number of fused-ring (bicyclic) bond motifs is 1. The van der Waals surface area contributed by atoms with Crippen molar-refractivity contribution in [3.8, 4) is 5.75 Å². The maximum Gasteiger partial charge on any atom is 0.123 e. The van der Waals surface area contributed by atoms with E-state index in [0.29, 0.717) is 32.6 Å². The molecule has 1 atom stereocenters. The van der Waals surface area contributed by atoms with Crippen LogP contribution in [0.4, 0.5) is 4.39 Å². The SMILES string of the molecule is CN(CC1Cc2cc(F)ccc2O1)CC1(O)CCOCC1. The Morgan fingerprint density at radius 2 is 2.14 bits per heavy atom. The molecular formula is C16H22FNO3. The van der Waals surface area contributed by atoms with Crippen LogP contribution in [0.1, 0.15) is 18.4 Å². The molecule has 3 rings (SSSR count). The number of nitrogens with zero attached hydrogens (tertiary/aromatic N) is 1. The van der Waals surface area contributed by atoms with Crippen LogP contribution in [0.25, 0.3) is 0 Å². The van der Waals surface area contributed by atoms with Crippen LogP contribution in [0, 0.1) is 5.82 Å². The maximum absolute atomic E-state index is 13.2. The summed E-state index contributed by atoms with van der Waals surface area (Å²) in [6, 6.07) is 4.66. The Kier molecular flexibility index (Phi) is 4.15. The largest absolute Gasteiger partial charge is 0.488 e. The second-order valence-electron chi connectivity index (χ2n) is 6.23. The van der Waals surface area contributed by atoms with E-state index >= 15 is 0 Å². The molecule has 2 heterocycles. The molecule has 0 spiro atoms. The number of rotatable bonds is 4. The molecule has 1 unspecified atom stereocenters. The third kappa shape index (κ3) is 3.54. The Hall–Kier alpha value is -1.17. The van der Waals surface area contributed by atoms with Crippen LogP contribution in [0.2, 0.25) is 0 Å². The third-order valence-corrected chi connectivity index (χ3v) is 4.27. The van der Waals surface area contributed by atoms with Gasteiger partial charge in [0.1, 0.15) is 17.7 Å². The van der Waals surface area contributed by atoms with E-state index in [4.69, 9.17) is 9.47 Å². The monoisotopic (exact) mass is 295 g/mol. The minimum Gasteiger partial charge on any atom is -0.488 e. The lowest BCUT2D eigenvalue weighted by molar-refractivity contribution is -0.0789. The van der Waals surface area contributed by atoms with Gasteiger partial charge in [0.15, 0.2) is 0 Å². The number of hydrogen-bond acceptors (Lipinski definition) is 4. The second-order valence-corrected chi connectivity index (χ2v) is 6.23. The molecule has 0 radical (unpaired) electrons. The van der Waals surface area contributed by atoms with Gasteiger partial charge in [-0.2, -0.15) is 0 Å². The molecule has 0 aliphatic carbocycles. The summed E-state index contributed by atoms with van der Waals surface area (Å²) in [4.78, 5) is 2.10. The predicted octanol–water partition coefficient (Wildman–Crippen LogP) is 1.60. The molecule has 0 saturated carbocycles. The Labute approximate surface area is 124 Å². The van der Waals surface area contributed by atoms with E-state index < -0.39 is 5.60 Å². The van der Waals surface area contributed by atoms with Crippen LogP contribution in [0.5, 0.6) is 5.75 Å². The van der Waals surface area contributed by atoms with Crippen molar-refractivity contribution in [1.29, 1.82) is 0 Å². The van der Waals surface area contributed by atoms with Gasteiger partial charge in [0.2, 0.25) is 0 Å². The topological polar surface area (TPSA) is 41.9 Å². The molecule has 116 valence electrons. The highest BCUT2D eigenvalue weighted by Gasteiger charge is 2.32. The Balaban J connectivity index is 1.53. The fourth-order valence-corrected chi connectivity index (χ4v) is 3.21. The summed E-state index contributed by atoms with van der Waals surface area (Å²) in [6.45, 7) is 2.57. The molecule has 2 aliphatic heterocycles. The molecule has 2 aliphatic rings. The molecule has 21 heavy (non-hydrogen) atoms. The molecule has 1 fully saturated rings. The van der Waals surface area contributed by atoms with Gasteiger partial charge >= 0.3 is 0 Å². The van der Waals surface area contributed by atoms with Gasteiger partial charge in [-0.05, 0) is 25.2 Å². The first kappa shape index (κ1) is 14.8. The molecular weight excluding hydrogens is 273 g/mol. The molecule has 1 saturated heterocycles. The molecule has 0 bridgehead atoms. The standard InChI is InChI=1S/C16H22FNO3/c1-18(11-16(19)4-6-20-7-5-16)10-14-9-12-8-13(17)2-3-15(12)21-14/h2-3,8,14,19H,4-7,9-11H2,1H3. The molecule has 0 aromatic heterocycles. The quantitative estimate of drug-likeness (QED) is 0.916. The van der Waals surface area contributed by atoms with Gasteiger partial charge in [-0.3, -0.25) is 4.90 Å². The fraction of sp³-hybridized carbons (Fsp3) is 0.625. The minimum absolute atomic E-state index is 0.0234. The molecule has 1 aromatic carbocycles. The van der Waals surface area contributed by atoms with Crippen molar-refractivity contribution in [2.45, 2.75) is 31.0 Å². The zero-order chi connectivity index (χ0) is 14.9. The number of aliphatic hydroxyl groups is 1. The normalized spacial score (nSPS) is 23.9. The van der Waals surface area contributed by atoms with E-state index in [9.17, 15) is 9.50 Å². The molecule has 5 heteroatoms. The molecule has 1 N–H and O–H groups in total. The number of halogens is 1. The summed E-state index contributed by atoms with van der Waals surface area (Å²) in [5, 5.41) is 10.5. The molecule has 1 aromatic rings. The van der Waals surface area contributed by atoms with Crippen molar-refractivity contribution in [1.82, 2.24) is 4.90 Å². The lowest BCUT2D eigenvalue weighted by Gasteiger charge is -2.36. The number of ether oxygens (including phenoxy) is 2. The van der Waals surface area contributed by atoms with Gasteiger partial charge in [-0.25, -0.2) is 4.39 Å². The average molecular weight is 295 g/mol. The van der Waals surface area contributed by atoms with Gasteiger partial charge in [0, 0.05) is 51.1 Å². The van der Waals surface area contributed by atoms with E-state index in [1.165, 1.54) is 6.07 Å². The van der Waals surface area contributed by atoms with E-state index in [1.54, 1.807) is 12.1 Å². The van der Waals surface area contributed by atoms with Crippen molar-refractivity contribution in [2.24, 2.45) is 0 Å². The number of likely N-dealkylation sites (N-methyl/N-ethyl adjacent to an activating group) is 1. The van der Waals surface area contributed by atoms with E-state index in [0.717, 1.165) is 24.3 Å². The zero-order valence-corrected chi connectivity index (χ0v) is 12.3. The third-order valence-electron chi connectivity index (χ3n) is 4.27. The highest BCUT2D eigenvalue weighted by molar-refractivity contribution is 5.37. The Morgan fingerprint density at radius 3 is 2.90 bits per heavy atom. The highest BCUT2D eigenvalue weighted by Crippen LogP contribution is 2.30. The lowest BCUT2D eigenvalue weighted by Crippen LogP contribution is -2.47. The summed E-state index contributed by atoms with van der Waals surface area (Å²) < 4.78 is 24.3. The van der Waals surface area contributed by atoms with Gasteiger partial charge in [-0.15, -0.1) is 0 Å².